The smallest absolute Gasteiger partial charge is 0.216 e. The van der Waals surface area contributed by atoms with E-state index in [4.69, 9.17) is 26.4 Å². The molecule has 148 valence electrons. The van der Waals surface area contributed by atoms with Crippen molar-refractivity contribution in [1.29, 1.82) is 0 Å². The van der Waals surface area contributed by atoms with E-state index >= 15 is 0 Å². The highest BCUT2D eigenvalue weighted by Crippen LogP contribution is 2.40. The average Bonchev–Trinajstić information content (AvgIpc) is 3.34. The molecule has 0 saturated carbocycles. The van der Waals surface area contributed by atoms with Crippen LogP contribution in [0.25, 0.3) is 22.3 Å². The Kier molecular flexibility index (Phi) is 5.05. The first-order chi connectivity index (χ1) is 14.2. The van der Waals surface area contributed by atoms with Crippen molar-refractivity contribution in [1.82, 2.24) is 19.9 Å². The molecule has 2 N–H and O–H groups in total. The Labute approximate surface area is 171 Å². The van der Waals surface area contributed by atoms with Gasteiger partial charge < -0.3 is 19.2 Å². The number of fused-ring (bicyclic) bond motifs is 1. The molecule has 0 amide bonds. The van der Waals surface area contributed by atoms with Gasteiger partial charge in [0.25, 0.3) is 0 Å². The second-order valence-corrected chi connectivity index (χ2v) is 6.50. The summed E-state index contributed by atoms with van der Waals surface area (Å²) in [6, 6.07) is 11.6. The Hall–Kier alpha value is -3.59. The molecule has 0 aliphatic rings. The van der Waals surface area contributed by atoms with Gasteiger partial charge in [0.15, 0.2) is 17.3 Å². The maximum atomic E-state index is 5.43. The van der Waals surface area contributed by atoms with Crippen LogP contribution in [0.4, 0.5) is 0 Å². The summed E-state index contributed by atoms with van der Waals surface area (Å²) in [7, 11) is 4.68. The van der Waals surface area contributed by atoms with Gasteiger partial charge in [-0.1, -0.05) is 18.2 Å². The van der Waals surface area contributed by atoms with E-state index < -0.39 is 0 Å². The highest BCUT2D eigenvalue weighted by Gasteiger charge is 2.17. The highest BCUT2D eigenvalue weighted by molar-refractivity contribution is 7.71. The molecule has 0 fully saturated rings. The van der Waals surface area contributed by atoms with Crippen molar-refractivity contribution in [2.75, 3.05) is 21.3 Å². The summed E-state index contributed by atoms with van der Waals surface area (Å²) in [5.74, 6) is 2.05. The first-order valence-corrected chi connectivity index (χ1v) is 9.15. The Morgan fingerprint density at radius 1 is 1.07 bits per heavy atom. The van der Waals surface area contributed by atoms with E-state index in [1.807, 2.05) is 30.5 Å². The summed E-state index contributed by atoms with van der Waals surface area (Å²) in [6.07, 6.45) is 3.64. The van der Waals surface area contributed by atoms with Crippen molar-refractivity contribution in [2.45, 2.75) is 0 Å². The van der Waals surface area contributed by atoms with E-state index in [9.17, 15) is 0 Å². The van der Waals surface area contributed by atoms with Crippen molar-refractivity contribution in [3.8, 4) is 28.6 Å². The molecule has 2 heterocycles. The van der Waals surface area contributed by atoms with Crippen molar-refractivity contribution >= 4 is 29.3 Å². The van der Waals surface area contributed by atoms with Gasteiger partial charge in [0, 0.05) is 28.2 Å². The lowest BCUT2D eigenvalue weighted by atomic mass is 10.1. The van der Waals surface area contributed by atoms with Crippen LogP contribution in [0.15, 0.2) is 47.7 Å². The third-order valence-electron chi connectivity index (χ3n) is 4.51. The summed E-state index contributed by atoms with van der Waals surface area (Å²) < 4.78 is 18.2. The molecule has 8 nitrogen and oxygen atoms in total. The van der Waals surface area contributed by atoms with Crippen molar-refractivity contribution in [3.63, 3.8) is 0 Å². The molecular weight excluding hydrogens is 390 g/mol. The minimum absolute atomic E-state index is 0.366. The lowest BCUT2D eigenvalue weighted by Crippen LogP contribution is -1.99. The topological polar surface area (TPSA) is 89.5 Å². The molecule has 0 unspecified atom stereocenters. The molecule has 29 heavy (non-hydrogen) atoms. The van der Waals surface area contributed by atoms with Crippen LogP contribution in [0.3, 0.4) is 0 Å². The Morgan fingerprint density at radius 3 is 2.48 bits per heavy atom. The van der Waals surface area contributed by atoms with E-state index in [-0.39, 0.29) is 0 Å². The molecule has 0 atom stereocenters. The predicted octanol–water partition coefficient (Wildman–Crippen LogP) is 4.00. The van der Waals surface area contributed by atoms with Gasteiger partial charge in [-0.3, -0.25) is 0 Å². The fourth-order valence-electron chi connectivity index (χ4n) is 3.12. The number of H-pyrrole nitrogens is 2. The van der Waals surface area contributed by atoms with E-state index in [0.717, 1.165) is 16.5 Å². The fourth-order valence-corrected chi connectivity index (χ4v) is 3.30. The summed E-state index contributed by atoms with van der Waals surface area (Å²) in [5.41, 5.74) is 2.69. The third-order valence-corrected chi connectivity index (χ3v) is 4.77. The number of benzene rings is 2. The van der Waals surface area contributed by atoms with Gasteiger partial charge in [0.05, 0.1) is 27.5 Å². The number of ether oxygens (including phenoxy) is 3. The van der Waals surface area contributed by atoms with Crippen molar-refractivity contribution < 1.29 is 14.2 Å². The number of methoxy groups -OCH3 is 3. The van der Waals surface area contributed by atoms with Crippen LogP contribution in [0, 0.1) is 4.77 Å². The second-order valence-electron chi connectivity index (χ2n) is 6.11. The van der Waals surface area contributed by atoms with Crippen LogP contribution < -0.4 is 14.2 Å². The zero-order valence-electron chi connectivity index (χ0n) is 16.1. The van der Waals surface area contributed by atoms with E-state index in [1.54, 1.807) is 44.4 Å². The molecule has 2 aromatic heterocycles. The quantitative estimate of drug-likeness (QED) is 0.371. The van der Waals surface area contributed by atoms with Crippen LogP contribution in [0.1, 0.15) is 5.56 Å². The van der Waals surface area contributed by atoms with E-state index in [2.05, 4.69) is 20.3 Å². The van der Waals surface area contributed by atoms with E-state index in [1.165, 1.54) is 0 Å². The zero-order valence-corrected chi connectivity index (χ0v) is 16.9. The summed E-state index contributed by atoms with van der Waals surface area (Å²) in [4.78, 5) is 3.23. The van der Waals surface area contributed by atoms with Crippen LogP contribution in [0.5, 0.6) is 17.2 Å². The molecule has 0 saturated heterocycles. The van der Waals surface area contributed by atoms with Gasteiger partial charge in [0.2, 0.25) is 10.5 Å². The van der Waals surface area contributed by atoms with Gasteiger partial charge in [-0.15, -0.1) is 0 Å². The van der Waals surface area contributed by atoms with Gasteiger partial charge >= 0.3 is 0 Å². The lowest BCUT2D eigenvalue weighted by molar-refractivity contribution is 0.324. The second kappa shape index (κ2) is 7.80. The highest BCUT2D eigenvalue weighted by atomic mass is 32.1. The normalized spacial score (nSPS) is 11.3. The van der Waals surface area contributed by atoms with Crippen molar-refractivity contribution in [3.05, 3.63) is 52.9 Å². The Morgan fingerprint density at radius 2 is 1.79 bits per heavy atom. The number of rotatable bonds is 6. The van der Waals surface area contributed by atoms with Gasteiger partial charge in [0.1, 0.15) is 0 Å². The predicted molar refractivity (Wildman–Crippen MR) is 114 cm³/mol. The number of nitrogens with zero attached hydrogens (tertiary/aromatic N) is 3. The molecule has 0 aliphatic heterocycles. The number of para-hydroxylation sites is 1. The molecule has 0 radical (unpaired) electrons. The largest absolute Gasteiger partial charge is 0.493 e. The number of hydrogen-bond acceptors (Lipinski definition) is 6. The fraction of sp³-hybridized carbons (Fsp3) is 0.150. The molecule has 0 spiro atoms. The lowest BCUT2D eigenvalue weighted by Gasteiger charge is -2.13. The SMILES string of the molecule is COc1cc(-c2n[nH]c(=S)n2N=Cc2c[nH]c3ccccc23)cc(OC)c1OC. The Balaban J connectivity index is 1.80. The first-order valence-electron chi connectivity index (χ1n) is 8.74. The van der Waals surface area contributed by atoms with Crippen LogP contribution in [-0.4, -0.2) is 47.4 Å². The Bertz CT molecular complexity index is 1230. The van der Waals surface area contributed by atoms with Gasteiger partial charge in [-0.2, -0.15) is 14.9 Å². The third kappa shape index (κ3) is 3.36. The molecule has 4 aromatic rings. The van der Waals surface area contributed by atoms with Crippen LogP contribution in [0.2, 0.25) is 0 Å². The minimum Gasteiger partial charge on any atom is -0.493 e. The van der Waals surface area contributed by atoms with Crippen LogP contribution >= 0.6 is 12.2 Å². The summed E-state index contributed by atoms with van der Waals surface area (Å²) >= 11 is 5.37. The molecule has 9 heteroatoms. The standard InChI is InChI=1S/C20H19N5O3S/c1-26-16-8-12(9-17(27-2)18(16)28-3)19-23-24-20(29)25(19)22-11-13-10-21-15-7-5-4-6-14(13)15/h4-11,21H,1-3H3,(H,24,29). The molecule has 0 bridgehead atoms. The zero-order chi connectivity index (χ0) is 20.4. The monoisotopic (exact) mass is 409 g/mol. The number of hydrogen-bond donors (Lipinski definition) is 2. The number of nitrogens with one attached hydrogen (secondary N) is 2. The molecule has 4 rings (SSSR count). The van der Waals surface area contributed by atoms with Crippen molar-refractivity contribution in [2.24, 2.45) is 5.10 Å². The molecule has 0 aliphatic carbocycles. The average molecular weight is 409 g/mol. The van der Waals surface area contributed by atoms with Gasteiger partial charge in [-0.25, -0.2) is 5.10 Å². The molecular formula is C20H19N5O3S. The first kappa shape index (κ1) is 18.8. The molecule has 2 aromatic carbocycles. The van der Waals surface area contributed by atoms with Crippen LogP contribution in [-0.2, 0) is 0 Å². The minimum atomic E-state index is 0.366. The van der Waals surface area contributed by atoms with E-state index in [0.29, 0.717) is 33.4 Å². The van der Waals surface area contributed by atoms with Gasteiger partial charge in [-0.05, 0) is 30.4 Å². The maximum Gasteiger partial charge on any atom is 0.216 e. The number of aromatic amines is 2. The maximum absolute atomic E-state index is 5.43. The number of aromatic nitrogens is 4. The summed E-state index contributed by atoms with van der Waals surface area (Å²) in [5, 5.41) is 12.7. The summed E-state index contributed by atoms with van der Waals surface area (Å²) in [6.45, 7) is 0.